The Labute approximate surface area is 237 Å². The van der Waals surface area contributed by atoms with E-state index in [0.717, 1.165) is 26.1 Å². The summed E-state index contributed by atoms with van der Waals surface area (Å²) in [4.78, 5) is 25.6. The predicted molar refractivity (Wildman–Crippen MR) is 157 cm³/mol. The van der Waals surface area contributed by atoms with E-state index in [1.807, 2.05) is 0 Å². The zero-order valence-electron chi connectivity index (χ0n) is 23.0. The molecule has 0 spiro atoms. The number of carbonyl (C=O) groups excluding carboxylic acids is 1. The molecular weight excluding hydrogens is 526 g/mol. The van der Waals surface area contributed by atoms with Crippen LogP contribution in [0.4, 0.5) is 26.0 Å². The summed E-state index contributed by atoms with van der Waals surface area (Å²) in [6.07, 6.45) is 3.44. The van der Waals surface area contributed by atoms with Crippen molar-refractivity contribution in [3.63, 3.8) is 0 Å². The maximum Gasteiger partial charge on any atom is 0.247 e. The normalized spacial score (nSPS) is 13.7. The molecule has 0 saturated carbocycles. The third-order valence-corrected chi connectivity index (χ3v) is 7.10. The standard InChI is InChI=1S/C31H32F2N6O2/c1-4-29(40)37-27-15-23-26(16-28(27)41-13-7-12-39-17-22(18-39)38(2)3)34-19-35-31(23)36-21-9-5-8-20(14-21)30-24(32)10-6-11-25(30)33/h4-6,8-11,14-16,19,22H,1,7,12-13,17-18H2,2-3H3,(H,37,40)(H,34,35,36). The Morgan fingerprint density at radius 1 is 1.12 bits per heavy atom. The Morgan fingerprint density at radius 3 is 2.61 bits per heavy atom. The number of halogens is 2. The van der Waals surface area contributed by atoms with Crippen molar-refractivity contribution in [2.45, 2.75) is 12.5 Å². The van der Waals surface area contributed by atoms with Crippen LogP contribution in [-0.2, 0) is 4.79 Å². The molecule has 3 aromatic carbocycles. The van der Waals surface area contributed by atoms with Gasteiger partial charge in [0.2, 0.25) is 5.91 Å². The number of nitrogens with zero attached hydrogens (tertiary/aromatic N) is 4. The molecule has 0 unspecified atom stereocenters. The van der Waals surface area contributed by atoms with Crippen molar-refractivity contribution in [1.29, 1.82) is 0 Å². The van der Waals surface area contributed by atoms with Crippen molar-refractivity contribution in [1.82, 2.24) is 19.8 Å². The van der Waals surface area contributed by atoms with Crippen LogP contribution >= 0.6 is 0 Å². The number of benzene rings is 3. The minimum absolute atomic E-state index is 0.105. The Hall–Kier alpha value is -4.41. The first kappa shape index (κ1) is 28.1. The molecule has 41 heavy (non-hydrogen) atoms. The van der Waals surface area contributed by atoms with Crippen molar-refractivity contribution in [3.8, 4) is 16.9 Å². The van der Waals surface area contributed by atoms with Gasteiger partial charge in [-0.3, -0.25) is 9.69 Å². The molecule has 0 atom stereocenters. The number of aromatic nitrogens is 2. The van der Waals surface area contributed by atoms with Crippen LogP contribution in [0.1, 0.15) is 6.42 Å². The van der Waals surface area contributed by atoms with Crippen LogP contribution in [-0.4, -0.2) is 72.1 Å². The highest BCUT2D eigenvalue weighted by molar-refractivity contribution is 6.03. The largest absolute Gasteiger partial charge is 0.491 e. The van der Waals surface area contributed by atoms with E-state index in [0.29, 0.717) is 52.1 Å². The van der Waals surface area contributed by atoms with Crippen molar-refractivity contribution in [3.05, 3.63) is 85.2 Å². The molecule has 8 nitrogen and oxygen atoms in total. The van der Waals surface area contributed by atoms with Gasteiger partial charge >= 0.3 is 0 Å². The molecule has 4 aromatic rings. The van der Waals surface area contributed by atoms with E-state index in [-0.39, 0.29) is 11.5 Å². The van der Waals surface area contributed by atoms with E-state index < -0.39 is 11.6 Å². The number of hydrogen-bond donors (Lipinski definition) is 2. The van der Waals surface area contributed by atoms with Gasteiger partial charge < -0.3 is 20.3 Å². The molecule has 1 fully saturated rings. The van der Waals surface area contributed by atoms with E-state index >= 15 is 0 Å². The minimum Gasteiger partial charge on any atom is -0.491 e. The van der Waals surface area contributed by atoms with Crippen LogP contribution in [0.3, 0.4) is 0 Å². The SMILES string of the molecule is C=CC(=O)Nc1cc2c(Nc3cccc(-c4c(F)cccc4F)c3)ncnc2cc1OCCCN1CC(N(C)C)C1. The van der Waals surface area contributed by atoms with Gasteiger partial charge in [0.15, 0.2) is 0 Å². The lowest BCUT2D eigenvalue weighted by molar-refractivity contribution is -0.111. The summed E-state index contributed by atoms with van der Waals surface area (Å²) >= 11 is 0. The van der Waals surface area contributed by atoms with Crippen LogP contribution in [0, 0.1) is 11.6 Å². The molecule has 1 aliphatic heterocycles. The number of amides is 1. The number of carbonyl (C=O) groups is 1. The average molecular weight is 559 g/mol. The number of fused-ring (bicyclic) bond motifs is 1. The molecule has 0 aliphatic carbocycles. The molecule has 1 aromatic heterocycles. The molecule has 1 amide bonds. The Balaban J connectivity index is 1.37. The van der Waals surface area contributed by atoms with Gasteiger partial charge in [-0.25, -0.2) is 18.7 Å². The molecule has 0 bridgehead atoms. The van der Waals surface area contributed by atoms with E-state index in [4.69, 9.17) is 4.74 Å². The van der Waals surface area contributed by atoms with Gasteiger partial charge in [0.25, 0.3) is 0 Å². The summed E-state index contributed by atoms with van der Waals surface area (Å²) in [5.74, 6) is -0.727. The van der Waals surface area contributed by atoms with Gasteiger partial charge in [-0.1, -0.05) is 24.8 Å². The second-order valence-corrected chi connectivity index (χ2v) is 10.2. The number of likely N-dealkylation sites (tertiary alicyclic amines) is 1. The lowest BCUT2D eigenvalue weighted by Crippen LogP contribution is -2.57. The highest BCUT2D eigenvalue weighted by Gasteiger charge is 2.27. The molecule has 0 radical (unpaired) electrons. The van der Waals surface area contributed by atoms with Crippen molar-refractivity contribution in [2.24, 2.45) is 0 Å². The first-order valence-corrected chi connectivity index (χ1v) is 13.4. The van der Waals surface area contributed by atoms with Gasteiger partial charge in [-0.2, -0.15) is 0 Å². The Morgan fingerprint density at radius 2 is 1.88 bits per heavy atom. The van der Waals surface area contributed by atoms with Crippen LogP contribution in [0.2, 0.25) is 0 Å². The topological polar surface area (TPSA) is 82.6 Å². The summed E-state index contributed by atoms with van der Waals surface area (Å²) in [6.45, 7) is 7.05. The van der Waals surface area contributed by atoms with Crippen LogP contribution in [0.5, 0.6) is 5.75 Å². The average Bonchev–Trinajstić information content (AvgIpc) is 2.92. The van der Waals surface area contributed by atoms with Gasteiger partial charge in [0.05, 0.1) is 23.4 Å². The van der Waals surface area contributed by atoms with E-state index in [1.54, 1.807) is 36.4 Å². The van der Waals surface area contributed by atoms with Gasteiger partial charge in [-0.05, 0) is 62.5 Å². The number of anilines is 3. The maximum atomic E-state index is 14.4. The minimum atomic E-state index is -0.646. The molecule has 212 valence electrons. The van der Waals surface area contributed by atoms with E-state index in [9.17, 15) is 13.6 Å². The van der Waals surface area contributed by atoms with Crippen molar-refractivity contribution >= 4 is 34.0 Å². The lowest BCUT2D eigenvalue weighted by atomic mass is 10.0. The first-order valence-electron chi connectivity index (χ1n) is 13.4. The summed E-state index contributed by atoms with van der Waals surface area (Å²) < 4.78 is 34.9. The molecule has 5 rings (SSSR count). The Bertz CT molecular complexity index is 1550. The third kappa shape index (κ3) is 6.50. The van der Waals surface area contributed by atoms with Crippen molar-refractivity contribution < 1.29 is 18.3 Å². The number of nitrogens with one attached hydrogen (secondary N) is 2. The van der Waals surface area contributed by atoms with Crippen LogP contribution in [0.15, 0.2) is 73.6 Å². The first-order chi connectivity index (χ1) is 19.8. The Kier molecular flexibility index (Phi) is 8.51. The second kappa shape index (κ2) is 12.4. The van der Waals surface area contributed by atoms with E-state index in [1.165, 1.54) is 30.6 Å². The maximum absolute atomic E-state index is 14.4. The summed E-state index contributed by atoms with van der Waals surface area (Å²) in [5, 5.41) is 6.65. The molecule has 2 heterocycles. The monoisotopic (exact) mass is 558 g/mol. The molecule has 1 saturated heterocycles. The van der Waals surface area contributed by atoms with Gasteiger partial charge in [-0.15, -0.1) is 0 Å². The van der Waals surface area contributed by atoms with Crippen LogP contribution in [0.25, 0.3) is 22.0 Å². The summed E-state index contributed by atoms with van der Waals surface area (Å²) in [5.41, 5.74) is 1.91. The van der Waals surface area contributed by atoms with E-state index in [2.05, 4.69) is 51.1 Å². The molecular formula is C31H32F2N6O2. The fourth-order valence-corrected chi connectivity index (χ4v) is 4.77. The summed E-state index contributed by atoms with van der Waals surface area (Å²) in [6, 6.07) is 14.6. The third-order valence-electron chi connectivity index (χ3n) is 7.10. The van der Waals surface area contributed by atoms with Crippen LogP contribution < -0.4 is 15.4 Å². The second-order valence-electron chi connectivity index (χ2n) is 10.2. The molecule has 1 aliphatic rings. The zero-order valence-corrected chi connectivity index (χ0v) is 23.0. The predicted octanol–water partition coefficient (Wildman–Crippen LogP) is 5.46. The number of likely N-dealkylation sites (N-methyl/N-ethyl adjacent to an activating group) is 1. The lowest BCUT2D eigenvalue weighted by Gasteiger charge is -2.42. The zero-order chi connectivity index (χ0) is 28.9. The fraction of sp³-hybridized carbons (Fsp3) is 0.258. The van der Waals surface area contributed by atoms with Crippen molar-refractivity contribution in [2.75, 3.05) is 51.0 Å². The smallest absolute Gasteiger partial charge is 0.247 e. The quantitative estimate of drug-likeness (QED) is 0.187. The highest BCUT2D eigenvalue weighted by atomic mass is 19.1. The van der Waals surface area contributed by atoms with Gasteiger partial charge in [0, 0.05) is 42.8 Å². The number of rotatable bonds is 11. The van der Waals surface area contributed by atoms with Gasteiger partial charge in [0.1, 0.15) is 29.5 Å². The number of hydrogen-bond acceptors (Lipinski definition) is 7. The number of ether oxygens (including phenoxy) is 1. The molecule has 2 N–H and O–H groups in total. The highest BCUT2D eigenvalue weighted by Crippen LogP contribution is 2.34. The fourth-order valence-electron chi connectivity index (χ4n) is 4.77. The molecule has 10 heteroatoms. The summed E-state index contributed by atoms with van der Waals surface area (Å²) in [7, 11) is 4.19.